The normalized spacial score (nSPS) is 21.0. The Morgan fingerprint density at radius 1 is 1.32 bits per heavy atom. The number of benzene rings is 1. The van der Waals surface area contributed by atoms with Gasteiger partial charge in [0.25, 0.3) is 0 Å². The van der Waals surface area contributed by atoms with Crippen molar-refractivity contribution in [3.63, 3.8) is 0 Å². The summed E-state index contributed by atoms with van der Waals surface area (Å²) in [4.78, 5) is 2.82. The van der Waals surface area contributed by atoms with Gasteiger partial charge < -0.3 is 10.8 Å². The standard InChI is InChI=1S/C15H22N2OS/c16-15(19)14-8-4-3-6-12(14)10-17-9-5-1-2-7-13(17)11-18/h3-4,6,8,13,18H,1-2,5,7,9-11H2,(H2,16,19). The minimum absolute atomic E-state index is 0.231. The first-order chi connectivity index (χ1) is 9.22. The first-order valence-corrected chi connectivity index (χ1v) is 7.36. The van der Waals surface area contributed by atoms with Crippen molar-refractivity contribution in [3.8, 4) is 0 Å². The maximum Gasteiger partial charge on any atom is 0.104 e. The Balaban J connectivity index is 2.16. The second-order valence-corrected chi connectivity index (χ2v) is 5.62. The second-order valence-electron chi connectivity index (χ2n) is 5.18. The molecular weight excluding hydrogens is 256 g/mol. The van der Waals surface area contributed by atoms with Gasteiger partial charge in [-0.2, -0.15) is 0 Å². The van der Waals surface area contributed by atoms with Gasteiger partial charge in [-0.3, -0.25) is 4.90 Å². The van der Waals surface area contributed by atoms with Gasteiger partial charge in [0.15, 0.2) is 0 Å². The highest BCUT2D eigenvalue weighted by Crippen LogP contribution is 2.20. The molecule has 3 nitrogen and oxygen atoms in total. The van der Waals surface area contributed by atoms with Crippen LogP contribution in [0.1, 0.15) is 36.8 Å². The summed E-state index contributed by atoms with van der Waals surface area (Å²) < 4.78 is 0. The average molecular weight is 278 g/mol. The van der Waals surface area contributed by atoms with Gasteiger partial charge in [-0.25, -0.2) is 0 Å². The largest absolute Gasteiger partial charge is 0.395 e. The summed E-state index contributed by atoms with van der Waals surface area (Å²) in [5, 5.41) is 9.55. The Bertz CT molecular complexity index is 436. The molecule has 1 fully saturated rings. The molecule has 2 rings (SSSR count). The molecular formula is C15H22N2OS. The average Bonchev–Trinajstić information content (AvgIpc) is 2.64. The molecule has 0 radical (unpaired) electrons. The van der Waals surface area contributed by atoms with Crippen LogP contribution < -0.4 is 5.73 Å². The smallest absolute Gasteiger partial charge is 0.104 e. The van der Waals surface area contributed by atoms with Gasteiger partial charge in [-0.1, -0.05) is 49.3 Å². The van der Waals surface area contributed by atoms with E-state index in [2.05, 4.69) is 11.0 Å². The van der Waals surface area contributed by atoms with Gasteiger partial charge >= 0.3 is 0 Å². The van der Waals surface area contributed by atoms with Crippen molar-refractivity contribution in [2.45, 2.75) is 38.3 Å². The molecule has 1 aromatic carbocycles. The number of likely N-dealkylation sites (tertiary alicyclic amines) is 1. The SMILES string of the molecule is NC(=S)c1ccccc1CN1CCCCCC1CO. The fourth-order valence-corrected chi connectivity index (χ4v) is 2.97. The Morgan fingerprint density at radius 3 is 2.84 bits per heavy atom. The van der Waals surface area contributed by atoms with Crippen LogP contribution in [0.2, 0.25) is 0 Å². The van der Waals surface area contributed by atoms with E-state index < -0.39 is 0 Å². The summed E-state index contributed by atoms with van der Waals surface area (Å²) in [6, 6.07) is 8.30. The minimum atomic E-state index is 0.231. The minimum Gasteiger partial charge on any atom is -0.395 e. The van der Waals surface area contributed by atoms with Crippen LogP contribution in [0, 0.1) is 0 Å². The molecule has 1 aromatic rings. The first-order valence-electron chi connectivity index (χ1n) is 6.95. The fraction of sp³-hybridized carbons (Fsp3) is 0.533. The maximum absolute atomic E-state index is 9.55. The van der Waals surface area contributed by atoms with Crippen molar-refractivity contribution in [3.05, 3.63) is 35.4 Å². The number of thiocarbonyl (C=S) groups is 1. The number of aliphatic hydroxyl groups excluding tert-OH is 1. The van der Waals surface area contributed by atoms with E-state index in [0.717, 1.165) is 30.6 Å². The van der Waals surface area contributed by atoms with Crippen molar-refractivity contribution < 1.29 is 5.11 Å². The Kier molecular flexibility index (Phi) is 5.31. The molecule has 0 aliphatic carbocycles. The van der Waals surface area contributed by atoms with E-state index in [1.54, 1.807) is 0 Å². The van der Waals surface area contributed by atoms with E-state index in [4.69, 9.17) is 18.0 Å². The zero-order valence-electron chi connectivity index (χ0n) is 11.2. The van der Waals surface area contributed by atoms with E-state index in [1.807, 2.05) is 18.2 Å². The Labute approximate surface area is 120 Å². The van der Waals surface area contributed by atoms with E-state index in [1.165, 1.54) is 19.3 Å². The van der Waals surface area contributed by atoms with Gasteiger partial charge in [-0.15, -0.1) is 0 Å². The van der Waals surface area contributed by atoms with Crippen LogP contribution in [0.5, 0.6) is 0 Å². The quantitative estimate of drug-likeness (QED) is 0.828. The highest BCUT2D eigenvalue weighted by molar-refractivity contribution is 7.80. The van der Waals surface area contributed by atoms with Crippen LogP contribution in [-0.4, -0.2) is 34.2 Å². The van der Waals surface area contributed by atoms with Crippen LogP contribution in [-0.2, 0) is 6.54 Å². The van der Waals surface area contributed by atoms with Gasteiger partial charge in [0.05, 0.1) is 6.61 Å². The van der Waals surface area contributed by atoms with Crippen LogP contribution in [0.25, 0.3) is 0 Å². The van der Waals surface area contributed by atoms with Crippen molar-refractivity contribution in [1.82, 2.24) is 4.90 Å². The van der Waals surface area contributed by atoms with Crippen LogP contribution in [0.15, 0.2) is 24.3 Å². The number of aliphatic hydroxyl groups is 1. The van der Waals surface area contributed by atoms with Gasteiger partial charge in [0, 0.05) is 18.2 Å². The number of hydrogen-bond acceptors (Lipinski definition) is 3. The number of nitrogens with two attached hydrogens (primary N) is 1. The molecule has 0 spiro atoms. The fourth-order valence-electron chi connectivity index (χ4n) is 2.77. The summed E-state index contributed by atoms with van der Waals surface area (Å²) in [5.41, 5.74) is 7.90. The third-order valence-corrected chi connectivity index (χ3v) is 4.09. The molecule has 19 heavy (non-hydrogen) atoms. The lowest BCUT2D eigenvalue weighted by Gasteiger charge is -2.29. The lowest BCUT2D eigenvalue weighted by Crippen LogP contribution is -2.37. The van der Waals surface area contributed by atoms with Crippen molar-refractivity contribution >= 4 is 17.2 Å². The third kappa shape index (κ3) is 3.75. The molecule has 0 bridgehead atoms. The van der Waals surface area contributed by atoms with Gasteiger partial charge in [-0.05, 0) is 24.9 Å². The van der Waals surface area contributed by atoms with Gasteiger partial charge in [0.2, 0.25) is 0 Å². The molecule has 0 amide bonds. The molecule has 4 heteroatoms. The van der Waals surface area contributed by atoms with Gasteiger partial charge in [0.1, 0.15) is 4.99 Å². The van der Waals surface area contributed by atoms with E-state index in [-0.39, 0.29) is 12.6 Å². The molecule has 1 aliphatic heterocycles. The predicted octanol–water partition coefficient (Wildman–Crippen LogP) is 2.06. The predicted molar refractivity (Wildman–Crippen MR) is 82.1 cm³/mol. The maximum atomic E-state index is 9.55. The molecule has 104 valence electrons. The molecule has 1 unspecified atom stereocenters. The Morgan fingerprint density at radius 2 is 2.11 bits per heavy atom. The highest BCUT2D eigenvalue weighted by Gasteiger charge is 2.21. The van der Waals surface area contributed by atoms with Crippen LogP contribution in [0.4, 0.5) is 0 Å². The second kappa shape index (κ2) is 6.98. The van der Waals surface area contributed by atoms with Crippen LogP contribution in [0.3, 0.4) is 0 Å². The summed E-state index contributed by atoms with van der Waals surface area (Å²) in [6.45, 7) is 2.09. The number of rotatable bonds is 4. The van der Waals surface area contributed by atoms with Crippen molar-refractivity contribution in [2.24, 2.45) is 5.73 Å². The molecule has 1 saturated heterocycles. The van der Waals surface area contributed by atoms with E-state index >= 15 is 0 Å². The molecule has 1 aliphatic rings. The molecule has 0 saturated carbocycles. The lowest BCUT2D eigenvalue weighted by molar-refractivity contribution is 0.118. The zero-order chi connectivity index (χ0) is 13.7. The number of hydrogen-bond donors (Lipinski definition) is 2. The molecule has 1 heterocycles. The molecule has 3 N–H and O–H groups in total. The molecule has 1 atom stereocenters. The summed E-state index contributed by atoms with van der Waals surface area (Å²) >= 11 is 5.11. The Hall–Kier alpha value is -0.970. The summed E-state index contributed by atoms with van der Waals surface area (Å²) in [6.07, 6.45) is 4.74. The highest BCUT2D eigenvalue weighted by atomic mass is 32.1. The topological polar surface area (TPSA) is 49.5 Å². The monoisotopic (exact) mass is 278 g/mol. The number of nitrogens with zero attached hydrogens (tertiary/aromatic N) is 1. The first kappa shape index (κ1) is 14.4. The summed E-state index contributed by atoms with van der Waals surface area (Å²) in [7, 11) is 0. The van der Waals surface area contributed by atoms with Crippen molar-refractivity contribution in [2.75, 3.05) is 13.2 Å². The van der Waals surface area contributed by atoms with Crippen LogP contribution >= 0.6 is 12.2 Å². The lowest BCUT2D eigenvalue weighted by atomic mass is 10.1. The third-order valence-electron chi connectivity index (χ3n) is 3.87. The summed E-state index contributed by atoms with van der Waals surface area (Å²) in [5.74, 6) is 0. The zero-order valence-corrected chi connectivity index (χ0v) is 12.0. The molecule has 0 aromatic heterocycles. The van der Waals surface area contributed by atoms with E-state index in [0.29, 0.717) is 4.99 Å². The van der Waals surface area contributed by atoms with Crippen molar-refractivity contribution in [1.29, 1.82) is 0 Å². The van der Waals surface area contributed by atoms with E-state index in [9.17, 15) is 5.11 Å².